The molecule has 2 aromatic heterocycles. The number of hydrogen-bond donors (Lipinski definition) is 0. The van der Waals surface area contributed by atoms with Crippen molar-refractivity contribution in [3.05, 3.63) is 235 Å². The number of hydrogen-bond acceptors (Lipinski definition) is 4. The van der Waals surface area contributed by atoms with E-state index < -0.39 is 5.41 Å². The zero-order valence-corrected chi connectivity index (χ0v) is 34.3. The average Bonchev–Trinajstić information content (AvgIpc) is 3.98. The van der Waals surface area contributed by atoms with Gasteiger partial charge in [-0.3, -0.25) is 0 Å². The number of thiophene rings is 1. The molecule has 2 aliphatic rings. The largest absolute Gasteiger partial charge is 0.208 e. The summed E-state index contributed by atoms with van der Waals surface area (Å²) in [6.07, 6.45) is 0. The van der Waals surface area contributed by atoms with Crippen LogP contribution in [-0.2, 0) is 5.41 Å². The molecule has 288 valence electrons. The topological polar surface area (TPSA) is 38.7 Å². The third-order valence-electron chi connectivity index (χ3n) is 13.0. The zero-order valence-electron chi connectivity index (χ0n) is 33.5. The molecular weight excluding hydrogens is 771 g/mol. The van der Waals surface area contributed by atoms with Crippen molar-refractivity contribution in [3.63, 3.8) is 0 Å². The first-order chi connectivity index (χ1) is 30.7. The molecule has 0 saturated carbocycles. The van der Waals surface area contributed by atoms with Crippen LogP contribution in [0.5, 0.6) is 0 Å². The number of fused-ring (bicyclic) bond motifs is 13. The lowest BCUT2D eigenvalue weighted by atomic mass is 9.70. The van der Waals surface area contributed by atoms with Gasteiger partial charge in [0.25, 0.3) is 0 Å². The molecule has 0 N–H and O–H groups in total. The van der Waals surface area contributed by atoms with E-state index in [9.17, 15) is 0 Å². The van der Waals surface area contributed by atoms with E-state index >= 15 is 0 Å². The Hall–Kier alpha value is -7.79. The van der Waals surface area contributed by atoms with E-state index in [4.69, 9.17) is 15.0 Å². The van der Waals surface area contributed by atoms with Crippen molar-refractivity contribution >= 4 is 31.5 Å². The molecule has 1 spiro atoms. The fraction of sp³-hybridized carbons (Fsp3) is 0.0172. The fourth-order valence-electron chi connectivity index (χ4n) is 10.4. The highest BCUT2D eigenvalue weighted by atomic mass is 32.1. The SMILES string of the molecule is c1ccc(-c2ccc3sc4cccc(-c5nc(-c6ccccc6)nc(-c6cccc(-c7cccc8c7-c7ccccc7C87c8ccccc8-c8ccccc87)c6)n5)c4c3c2)cc1. The maximum atomic E-state index is 5.35. The van der Waals surface area contributed by atoms with Crippen LogP contribution in [0.1, 0.15) is 22.3 Å². The maximum absolute atomic E-state index is 5.35. The minimum absolute atomic E-state index is 0.408. The Balaban J connectivity index is 1.00. The predicted molar refractivity (Wildman–Crippen MR) is 256 cm³/mol. The molecule has 0 unspecified atom stereocenters. The van der Waals surface area contributed by atoms with Crippen molar-refractivity contribution in [1.29, 1.82) is 0 Å². The highest BCUT2D eigenvalue weighted by molar-refractivity contribution is 7.26. The van der Waals surface area contributed by atoms with Crippen molar-refractivity contribution in [3.8, 4) is 78.7 Å². The molecule has 3 nitrogen and oxygen atoms in total. The van der Waals surface area contributed by atoms with Crippen molar-refractivity contribution in [1.82, 2.24) is 15.0 Å². The van der Waals surface area contributed by atoms with E-state index in [1.165, 1.54) is 76.0 Å². The molecule has 9 aromatic carbocycles. The van der Waals surface area contributed by atoms with Crippen LogP contribution in [0.15, 0.2) is 212 Å². The molecule has 13 rings (SSSR count). The Kier molecular flexibility index (Phi) is 7.69. The summed E-state index contributed by atoms with van der Waals surface area (Å²) in [5.41, 5.74) is 17.7. The van der Waals surface area contributed by atoms with E-state index in [-0.39, 0.29) is 0 Å². The highest BCUT2D eigenvalue weighted by Crippen LogP contribution is 2.64. The van der Waals surface area contributed by atoms with Gasteiger partial charge < -0.3 is 0 Å². The van der Waals surface area contributed by atoms with Crippen LogP contribution >= 0.6 is 11.3 Å². The number of rotatable bonds is 5. The van der Waals surface area contributed by atoms with E-state index in [0.717, 1.165) is 27.6 Å². The van der Waals surface area contributed by atoms with Crippen LogP contribution < -0.4 is 0 Å². The van der Waals surface area contributed by atoms with E-state index in [1.807, 2.05) is 29.5 Å². The third-order valence-corrected chi connectivity index (χ3v) is 14.1. The molecule has 0 amide bonds. The molecule has 0 radical (unpaired) electrons. The van der Waals surface area contributed by atoms with Crippen molar-refractivity contribution < 1.29 is 0 Å². The Morgan fingerprint density at radius 3 is 1.56 bits per heavy atom. The van der Waals surface area contributed by atoms with Crippen LogP contribution in [0.25, 0.3) is 98.8 Å². The summed E-state index contributed by atoms with van der Waals surface area (Å²) in [6.45, 7) is 0. The maximum Gasteiger partial charge on any atom is 0.164 e. The molecule has 11 aromatic rings. The molecule has 0 atom stereocenters. The Bertz CT molecular complexity index is 3540. The number of nitrogens with zero attached hydrogens (tertiary/aromatic N) is 3. The first-order valence-electron chi connectivity index (χ1n) is 21.1. The van der Waals surface area contributed by atoms with E-state index in [1.54, 1.807) is 0 Å². The second-order valence-corrected chi connectivity index (χ2v) is 17.3. The van der Waals surface area contributed by atoms with Gasteiger partial charge in [0, 0.05) is 36.9 Å². The first kappa shape index (κ1) is 35.0. The van der Waals surface area contributed by atoms with Gasteiger partial charge in [-0.1, -0.05) is 188 Å². The van der Waals surface area contributed by atoms with Crippen LogP contribution in [-0.4, -0.2) is 15.0 Å². The van der Waals surface area contributed by atoms with Gasteiger partial charge in [0.05, 0.1) is 5.41 Å². The quantitative estimate of drug-likeness (QED) is 0.174. The summed E-state index contributed by atoms with van der Waals surface area (Å²) in [6, 6.07) is 76.7. The number of benzene rings is 9. The summed E-state index contributed by atoms with van der Waals surface area (Å²) in [5.74, 6) is 1.94. The standard InChI is InChI=1S/C58H35N3S/c1-3-16-36(17-4-1)38-32-33-51-46(35-38)54-45(26-15-31-52(54)62-51)57-60-55(37-18-5-2-6-19-37)59-56(61-57)40-21-13-20-39(34-40)41-25-14-30-50-53(41)44-24-9-12-29-49(44)58(50)47-27-10-7-22-42(47)43-23-8-11-28-48(43)58/h1-35H. The van der Waals surface area contributed by atoms with Crippen molar-refractivity contribution in [2.24, 2.45) is 0 Å². The van der Waals surface area contributed by atoms with Gasteiger partial charge in [-0.25, -0.2) is 15.0 Å². The molecule has 0 fully saturated rings. The van der Waals surface area contributed by atoms with Gasteiger partial charge >= 0.3 is 0 Å². The van der Waals surface area contributed by atoms with Gasteiger partial charge in [-0.2, -0.15) is 0 Å². The Labute approximate surface area is 363 Å². The molecule has 62 heavy (non-hydrogen) atoms. The van der Waals surface area contributed by atoms with E-state index in [2.05, 4.69) is 194 Å². The summed E-state index contributed by atoms with van der Waals surface area (Å²) in [7, 11) is 0. The Morgan fingerprint density at radius 2 is 0.823 bits per heavy atom. The zero-order chi connectivity index (χ0) is 40.8. The lowest BCUT2D eigenvalue weighted by Crippen LogP contribution is -2.25. The third kappa shape index (κ3) is 5.08. The van der Waals surface area contributed by atoms with Gasteiger partial charge in [0.2, 0.25) is 0 Å². The summed E-state index contributed by atoms with van der Waals surface area (Å²) in [5, 5.41) is 2.37. The average molecular weight is 806 g/mol. The molecule has 0 bridgehead atoms. The second-order valence-electron chi connectivity index (χ2n) is 16.2. The lowest BCUT2D eigenvalue weighted by molar-refractivity contribution is 0.794. The fourth-order valence-corrected chi connectivity index (χ4v) is 11.5. The highest BCUT2D eigenvalue weighted by Gasteiger charge is 2.51. The molecule has 4 heteroatoms. The number of aromatic nitrogens is 3. The summed E-state index contributed by atoms with van der Waals surface area (Å²) < 4.78 is 2.44. The molecule has 0 saturated heterocycles. The van der Waals surface area contributed by atoms with Gasteiger partial charge in [-0.15, -0.1) is 11.3 Å². The van der Waals surface area contributed by atoms with Crippen molar-refractivity contribution in [2.75, 3.05) is 0 Å². The van der Waals surface area contributed by atoms with E-state index in [0.29, 0.717) is 17.5 Å². The molecule has 0 aliphatic heterocycles. The summed E-state index contributed by atoms with van der Waals surface area (Å²) >= 11 is 1.81. The van der Waals surface area contributed by atoms with Crippen LogP contribution in [0.2, 0.25) is 0 Å². The van der Waals surface area contributed by atoms with Crippen LogP contribution in [0.3, 0.4) is 0 Å². The van der Waals surface area contributed by atoms with Crippen LogP contribution in [0, 0.1) is 0 Å². The minimum atomic E-state index is -0.408. The van der Waals surface area contributed by atoms with Crippen molar-refractivity contribution in [2.45, 2.75) is 5.41 Å². The Morgan fingerprint density at radius 1 is 0.306 bits per heavy atom. The van der Waals surface area contributed by atoms with Gasteiger partial charge in [-0.05, 0) is 91.0 Å². The normalized spacial score (nSPS) is 13.0. The smallest absolute Gasteiger partial charge is 0.164 e. The molecule has 2 aliphatic carbocycles. The summed E-state index contributed by atoms with van der Waals surface area (Å²) in [4.78, 5) is 15.8. The van der Waals surface area contributed by atoms with Gasteiger partial charge in [0.15, 0.2) is 17.5 Å². The second kappa shape index (κ2) is 13.6. The van der Waals surface area contributed by atoms with Crippen LogP contribution in [0.4, 0.5) is 0 Å². The first-order valence-corrected chi connectivity index (χ1v) is 21.9. The lowest BCUT2D eigenvalue weighted by Gasteiger charge is -2.30. The monoisotopic (exact) mass is 805 g/mol. The molecular formula is C58H35N3S. The molecule has 2 heterocycles. The van der Waals surface area contributed by atoms with Gasteiger partial charge in [0.1, 0.15) is 0 Å². The minimum Gasteiger partial charge on any atom is -0.208 e. The predicted octanol–water partition coefficient (Wildman–Crippen LogP) is 14.9.